The topological polar surface area (TPSA) is 50.8 Å². The summed E-state index contributed by atoms with van der Waals surface area (Å²) in [4.78, 5) is 14.7. The molecule has 2 aliphatic heterocycles. The second-order valence-electron chi connectivity index (χ2n) is 7.81. The molecular formula is C22H23FN2O3. The second-order valence-corrected chi connectivity index (χ2v) is 7.81. The largest absolute Gasteiger partial charge is 0.454 e. The average molecular weight is 382 g/mol. The monoisotopic (exact) mass is 382 g/mol. The zero-order valence-corrected chi connectivity index (χ0v) is 15.6. The zero-order valence-electron chi connectivity index (χ0n) is 15.6. The maximum absolute atomic E-state index is 14.2. The van der Waals surface area contributed by atoms with Crippen molar-refractivity contribution >= 4 is 11.6 Å². The molecule has 1 aliphatic carbocycles. The smallest absolute Gasteiger partial charge is 0.241 e. The van der Waals surface area contributed by atoms with Crippen LogP contribution in [-0.4, -0.2) is 36.4 Å². The highest BCUT2D eigenvalue weighted by Crippen LogP contribution is 2.40. The van der Waals surface area contributed by atoms with Crippen molar-refractivity contribution in [2.45, 2.75) is 43.9 Å². The Morgan fingerprint density at radius 2 is 1.96 bits per heavy atom. The van der Waals surface area contributed by atoms with Gasteiger partial charge in [0.15, 0.2) is 11.5 Å². The molecule has 2 heterocycles. The van der Waals surface area contributed by atoms with E-state index in [4.69, 9.17) is 9.47 Å². The van der Waals surface area contributed by atoms with Gasteiger partial charge in [-0.2, -0.15) is 0 Å². The van der Waals surface area contributed by atoms with E-state index in [1.54, 1.807) is 0 Å². The third-order valence-corrected chi connectivity index (χ3v) is 5.73. The molecule has 28 heavy (non-hydrogen) atoms. The van der Waals surface area contributed by atoms with E-state index in [2.05, 4.69) is 17.4 Å². The Hall–Kier alpha value is -2.60. The lowest BCUT2D eigenvalue weighted by Gasteiger charge is -2.24. The number of para-hydroxylation sites is 1. The molecule has 5 nitrogen and oxygen atoms in total. The van der Waals surface area contributed by atoms with Crippen molar-refractivity contribution in [1.82, 2.24) is 4.90 Å². The molecule has 0 radical (unpaired) electrons. The number of hydrogen-bond donors (Lipinski definition) is 1. The van der Waals surface area contributed by atoms with Crippen LogP contribution in [0.5, 0.6) is 11.5 Å². The van der Waals surface area contributed by atoms with Gasteiger partial charge < -0.3 is 14.8 Å². The Morgan fingerprint density at radius 3 is 2.75 bits per heavy atom. The predicted molar refractivity (Wildman–Crippen MR) is 103 cm³/mol. The van der Waals surface area contributed by atoms with Gasteiger partial charge in [-0.05, 0) is 42.5 Å². The number of nitrogens with one attached hydrogen (secondary N) is 1. The Labute approximate surface area is 163 Å². The van der Waals surface area contributed by atoms with Crippen LogP contribution in [0.4, 0.5) is 10.1 Å². The van der Waals surface area contributed by atoms with Gasteiger partial charge in [0.25, 0.3) is 0 Å². The van der Waals surface area contributed by atoms with E-state index in [0.717, 1.165) is 11.3 Å². The summed E-state index contributed by atoms with van der Waals surface area (Å²) in [7, 11) is 0. The number of benzene rings is 2. The molecule has 2 aromatic carbocycles. The van der Waals surface area contributed by atoms with Crippen LogP contribution in [-0.2, 0) is 11.3 Å². The molecule has 1 amide bonds. The Morgan fingerprint density at radius 1 is 1.14 bits per heavy atom. The fourth-order valence-electron chi connectivity index (χ4n) is 4.11. The molecular weight excluding hydrogens is 359 g/mol. The number of amides is 1. The summed E-state index contributed by atoms with van der Waals surface area (Å²) in [5.41, 5.74) is 2.99. The van der Waals surface area contributed by atoms with Crippen molar-refractivity contribution in [3.63, 3.8) is 0 Å². The molecule has 1 saturated carbocycles. The minimum atomic E-state index is -1.01. The molecule has 1 N–H and O–H groups in total. The maximum Gasteiger partial charge on any atom is 0.241 e. The van der Waals surface area contributed by atoms with Crippen LogP contribution >= 0.6 is 0 Å². The van der Waals surface area contributed by atoms with Gasteiger partial charge in [0.05, 0.1) is 6.04 Å². The summed E-state index contributed by atoms with van der Waals surface area (Å²) in [5.74, 6) is 1.91. The van der Waals surface area contributed by atoms with Crippen molar-refractivity contribution in [2.75, 3.05) is 18.7 Å². The molecule has 146 valence electrons. The van der Waals surface area contributed by atoms with E-state index in [0.29, 0.717) is 24.0 Å². The molecule has 3 aliphatic rings. The quantitative estimate of drug-likeness (QED) is 0.854. The number of carbonyl (C=O) groups excluding carboxylic acids is 1. The Bertz CT molecular complexity index is 882. The van der Waals surface area contributed by atoms with Gasteiger partial charge in [0, 0.05) is 30.8 Å². The number of nitrogens with zero attached hydrogens (tertiary/aromatic N) is 1. The molecule has 5 rings (SSSR count). The minimum Gasteiger partial charge on any atom is -0.454 e. The van der Waals surface area contributed by atoms with Crippen LogP contribution in [0, 0.1) is 0 Å². The highest BCUT2D eigenvalue weighted by atomic mass is 19.1. The van der Waals surface area contributed by atoms with E-state index in [1.165, 1.54) is 18.4 Å². The molecule has 0 spiro atoms. The zero-order chi connectivity index (χ0) is 19.1. The number of carbonyl (C=O) groups is 1. The molecule has 0 bridgehead atoms. The minimum absolute atomic E-state index is 0.163. The van der Waals surface area contributed by atoms with Gasteiger partial charge in [-0.25, -0.2) is 4.39 Å². The first-order valence-corrected chi connectivity index (χ1v) is 9.84. The van der Waals surface area contributed by atoms with Gasteiger partial charge in [0.1, 0.15) is 6.17 Å². The summed E-state index contributed by atoms with van der Waals surface area (Å²) < 4.78 is 25.1. The first kappa shape index (κ1) is 17.5. The van der Waals surface area contributed by atoms with E-state index in [1.807, 2.05) is 35.2 Å². The van der Waals surface area contributed by atoms with E-state index in [9.17, 15) is 9.18 Å². The molecule has 2 aromatic rings. The number of halogens is 1. The lowest BCUT2D eigenvalue weighted by atomic mass is 10.1. The Kier molecular flexibility index (Phi) is 4.43. The molecule has 2 fully saturated rings. The van der Waals surface area contributed by atoms with Gasteiger partial charge in [0.2, 0.25) is 12.7 Å². The molecule has 0 unspecified atom stereocenters. The number of hydrogen-bond acceptors (Lipinski definition) is 4. The highest BCUT2D eigenvalue weighted by Gasteiger charge is 2.37. The number of likely N-dealkylation sites (tertiary alicyclic amines) is 1. The van der Waals surface area contributed by atoms with Crippen molar-refractivity contribution < 1.29 is 18.7 Å². The molecule has 2 atom stereocenters. The van der Waals surface area contributed by atoms with Crippen LogP contribution < -0.4 is 14.8 Å². The summed E-state index contributed by atoms with van der Waals surface area (Å²) in [6, 6.07) is 13.2. The van der Waals surface area contributed by atoms with E-state index in [-0.39, 0.29) is 25.7 Å². The number of rotatable bonds is 5. The summed E-state index contributed by atoms with van der Waals surface area (Å²) in [6.45, 7) is 0.883. The van der Waals surface area contributed by atoms with Gasteiger partial charge >= 0.3 is 0 Å². The molecule has 0 aromatic heterocycles. The Balaban J connectivity index is 1.29. The third kappa shape index (κ3) is 3.44. The third-order valence-electron chi connectivity index (χ3n) is 5.73. The van der Waals surface area contributed by atoms with Crippen molar-refractivity contribution in [1.29, 1.82) is 0 Å². The van der Waals surface area contributed by atoms with Crippen LogP contribution in [0.3, 0.4) is 0 Å². The lowest BCUT2D eigenvalue weighted by molar-refractivity contribution is -0.120. The molecule has 6 heteroatoms. The standard InChI is InChI=1S/C22H23FN2O3/c23-17-10-19(22(26)24-18-8-6-15(7-9-18)14-4-5-14)25(12-17)11-16-2-1-3-20-21(16)28-13-27-20/h1-3,6-9,14,17,19H,4-5,10-13H2,(H,24,26)/t17-,19+/m0/s1. The highest BCUT2D eigenvalue weighted by molar-refractivity contribution is 5.95. The van der Waals surface area contributed by atoms with Crippen molar-refractivity contribution in [2.24, 2.45) is 0 Å². The second kappa shape index (κ2) is 7.09. The summed E-state index contributed by atoms with van der Waals surface area (Å²) >= 11 is 0. The summed E-state index contributed by atoms with van der Waals surface area (Å²) in [5, 5.41) is 2.96. The van der Waals surface area contributed by atoms with Crippen molar-refractivity contribution in [3.05, 3.63) is 53.6 Å². The maximum atomic E-state index is 14.2. The fourth-order valence-corrected chi connectivity index (χ4v) is 4.11. The van der Waals surface area contributed by atoms with Crippen LogP contribution in [0.25, 0.3) is 0 Å². The van der Waals surface area contributed by atoms with Crippen LogP contribution in [0.15, 0.2) is 42.5 Å². The van der Waals surface area contributed by atoms with Crippen molar-refractivity contribution in [3.8, 4) is 11.5 Å². The lowest BCUT2D eigenvalue weighted by Crippen LogP contribution is -2.39. The number of anilines is 1. The van der Waals surface area contributed by atoms with E-state index < -0.39 is 12.2 Å². The normalized spacial score (nSPS) is 23.8. The van der Waals surface area contributed by atoms with Gasteiger partial charge in [-0.3, -0.25) is 9.69 Å². The number of ether oxygens (including phenoxy) is 2. The van der Waals surface area contributed by atoms with Crippen LogP contribution in [0.1, 0.15) is 36.3 Å². The SMILES string of the molecule is O=C(Nc1ccc(C2CC2)cc1)[C@H]1C[C@H](F)CN1Cc1cccc2c1OCO2. The van der Waals surface area contributed by atoms with E-state index >= 15 is 0 Å². The fraction of sp³-hybridized carbons (Fsp3) is 0.409. The number of alkyl halides is 1. The molecule has 1 saturated heterocycles. The number of fused-ring (bicyclic) bond motifs is 1. The predicted octanol–water partition coefficient (Wildman–Crippen LogP) is 3.84. The average Bonchev–Trinajstić information content (AvgIpc) is 3.31. The summed E-state index contributed by atoms with van der Waals surface area (Å²) in [6.07, 6.45) is 1.69. The van der Waals surface area contributed by atoms with Gasteiger partial charge in [-0.1, -0.05) is 24.3 Å². The first-order chi connectivity index (χ1) is 13.7. The van der Waals surface area contributed by atoms with Gasteiger partial charge in [-0.15, -0.1) is 0 Å². The van der Waals surface area contributed by atoms with Crippen LogP contribution in [0.2, 0.25) is 0 Å². The first-order valence-electron chi connectivity index (χ1n) is 9.84.